The quantitative estimate of drug-likeness (QED) is 0.415. The normalized spacial score (nSPS) is 16.3. The third kappa shape index (κ3) is 4.47. The lowest BCUT2D eigenvalue weighted by Gasteiger charge is -2.29. The molecule has 2 N–H and O–H groups in total. The van der Waals surface area contributed by atoms with Crippen molar-refractivity contribution in [2.24, 2.45) is 0 Å². The molecule has 1 unspecified atom stereocenters. The third-order valence-electron chi connectivity index (χ3n) is 4.28. The Bertz CT molecular complexity index is 1030. The van der Waals surface area contributed by atoms with Gasteiger partial charge < -0.3 is 14.6 Å². The van der Waals surface area contributed by atoms with Crippen LogP contribution in [0.15, 0.2) is 54.1 Å². The molecular weight excluding hydrogens is 408 g/mol. The van der Waals surface area contributed by atoms with Gasteiger partial charge in [-0.05, 0) is 67.2 Å². The number of benzene rings is 2. The largest absolute Gasteiger partial charge is 0.497 e. The molecule has 1 atom stereocenters. The molecule has 0 radical (unpaired) electrons. The fourth-order valence-corrected chi connectivity index (χ4v) is 2.97. The van der Waals surface area contributed by atoms with Crippen molar-refractivity contribution in [3.8, 4) is 11.5 Å². The number of carboxylic acids is 1. The van der Waals surface area contributed by atoms with Crippen LogP contribution < -0.4 is 19.7 Å². The van der Waals surface area contributed by atoms with Crippen LogP contribution in [0.25, 0.3) is 6.08 Å². The van der Waals surface area contributed by atoms with Crippen LogP contribution in [0.4, 0.5) is 5.69 Å². The Hall–Kier alpha value is -3.72. The number of hydrogen-bond acceptors (Lipinski definition) is 6. The molecule has 2 amide bonds. The van der Waals surface area contributed by atoms with Crippen molar-refractivity contribution >= 4 is 46.9 Å². The van der Waals surface area contributed by atoms with E-state index in [0.717, 1.165) is 0 Å². The van der Waals surface area contributed by atoms with E-state index >= 15 is 0 Å². The number of nitrogens with one attached hydrogen (secondary N) is 1. The second-order valence-corrected chi connectivity index (χ2v) is 6.71. The molecule has 0 bridgehead atoms. The SMILES string of the molecule is COc1ccc(N2C(=O)C(=Cc3ccc(OC(C)C(=O)O)cc3)C(=O)NC2=S)cc1. The van der Waals surface area contributed by atoms with E-state index in [1.165, 1.54) is 25.0 Å². The molecule has 0 aromatic heterocycles. The fourth-order valence-electron chi connectivity index (χ4n) is 2.69. The van der Waals surface area contributed by atoms with Gasteiger partial charge in [-0.1, -0.05) is 12.1 Å². The number of thiocarbonyl (C=S) groups is 1. The molecule has 1 aliphatic heterocycles. The minimum Gasteiger partial charge on any atom is -0.497 e. The molecule has 2 aromatic rings. The highest BCUT2D eigenvalue weighted by Crippen LogP contribution is 2.25. The van der Waals surface area contributed by atoms with E-state index in [9.17, 15) is 14.4 Å². The highest BCUT2D eigenvalue weighted by Gasteiger charge is 2.34. The number of rotatable bonds is 6. The number of amides is 2. The summed E-state index contributed by atoms with van der Waals surface area (Å²) in [5.74, 6) is -1.27. The zero-order valence-corrected chi connectivity index (χ0v) is 16.9. The van der Waals surface area contributed by atoms with Gasteiger partial charge in [0.25, 0.3) is 11.8 Å². The molecule has 9 heteroatoms. The zero-order chi connectivity index (χ0) is 21.8. The van der Waals surface area contributed by atoms with Gasteiger partial charge in [0.1, 0.15) is 17.1 Å². The van der Waals surface area contributed by atoms with Gasteiger partial charge in [0.05, 0.1) is 12.8 Å². The molecular formula is C21H18N2O6S. The zero-order valence-electron chi connectivity index (χ0n) is 16.1. The molecule has 154 valence electrons. The standard InChI is InChI=1S/C21H18N2O6S/c1-12(20(26)27)29-16-7-3-13(4-8-16)11-17-18(24)22-21(30)23(19(17)25)14-5-9-15(28-2)10-6-14/h3-12H,1-2H3,(H,26,27)(H,22,24,30). The lowest BCUT2D eigenvalue weighted by Crippen LogP contribution is -2.54. The Morgan fingerprint density at radius 1 is 1.10 bits per heavy atom. The van der Waals surface area contributed by atoms with E-state index in [1.807, 2.05) is 0 Å². The maximum absolute atomic E-state index is 13.0. The number of ether oxygens (including phenoxy) is 2. The Balaban J connectivity index is 1.85. The molecule has 3 rings (SSSR count). The second-order valence-electron chi connectivity index (χ2n) is 6.32. The van der Waals surface area contributed by atoms with Crippen LogP contribution in [0.3, 0.4) is 0 Å². The first kappa shape index (κ1) is 21.0. The molecule has 1 aliphatic rings. The highest BCUT2D eigenvalue weighted by atomic mass is 32.1. The van der Waals surface area contributed by atoms with Gasteiger partial charge in [-0.2, -0.15) is 0 Å². The number of methoxy groups -OCH3 is 1. The van der Waals surface area contributed by atoms with Gasteiger partial charge in [0, 0.05) is 0 Å². The van der Waals surface area contributed by atoms with Crippen molar-refractivity contribution in [2.45, 2.75) is 13.0 Å². The number of hydrogen-bond donors (Lipinski definition) is 2. The molecule has 30 heavy (non-hydrogen) atoms. The first-order valence-electron chi connectivity index (χ1n) is 8.85. The summed E-state index contributed by atoms with van der Waals surface area (Å²) in [5, 5.41) is 11.4. The smallest absolute Gasteiger partial charge is 0.344 e. The van der Waals surface area contributed by atoms with Crippen molar-refractivity contribution in [1.29, 1.82) is 0 Å². The van der Waals surface area contributed by atoms with Crippen LogP contribution in [-0.2, 0) is 14.4 Å². The van der Waals surface area contributed by atoms with Crippen LogP contribution in [-0.4, -0.2) is 41.2 Å². The Morgan fingerprint density at radius 2 is 1.70 bits per heavy atom. The molecule has 1 fully saturated rings. The first-order valence-corrected chi connectivity index (χ1v) is 9.26. The average molecular weight is 426 g/mol. The number of carbonyl (C=O) groups is 3. The maximum atomic E-state index is 13.0. The molecule has 0 saturated carbocycles. The molecule has 1 heterocycles. The molecule has 0 spiro atoms. The molecule has 8 nitrogen and oxygen atoms in total. The van der Waals surface area contributed by atoms with E-state index in [4.69, 9.17) is 26.8 Å². The number of carboxylic acid groups (broad SMARTS) is 1. The van der Waals surface area contributed by atoms with Crippen LogP contribution in [0, 0.1) is 0 Å². The van der Waals surface area contributed by atoms with Crippen LogP contribution >= 0.6 is 12.2 Å². The van der Waals surface area contributed by atoms with E-state index < -0.39 is 23.9 Å². The fraction of sp³-hybridized carbons (Fsp3) is 0.143. The summed E-state index contributed by atoms with van der Waals surface area (Å²) in [6.45, 7) is 1.42. The van der Waals surface area contributed by atoms with E-state index in [1.54, 1.807) is 48.5 Å². The monoisotopic (exact) mass is 426 g/mol. The third-order valence-corrected chi connectivity index (χ3v) is 4.57. The predicted molar refractivity (Wildman–Crippen MR) is 113 cm³/mol. The lowest BCUT2D eigenvalue weighted by atomic mass is 10.1. The van der Waals surface area contributed by atoms with Crippen LogP contribution in [0.2, 0.25) is 0 Å². The minimum atomic E-state index is -1.08. The van der Waals surface area contributed by atoms with Gasteiger partial charge in [-0.25, -0.2) is 4.79 Å². The number of carbonyl (C=O) groups excluding carboxylic acids is 2. The summed E-state index contributed by atoms with van der Waals surface area (Å²) in [6.07, 6.45) is 0.430. The average Bonchev–Trinajstić information content (AvgIpc) is 2.72. The van der Waals surface area contributed by atoms with E-state index in [2.05, 4.69) is 5.32 Å². The van der Waals surface area contributed by atoms with Crippen molar-refractivity contribution in [3.05, 3.63) is 59.7 Å². The number of nitrogens with zero attached hydrogens (tertiary/aromatic N) is 1. The Morgan fingerprint density at radius 3 is 2.27 bits per heavy atom. The lowest BCUT2D eigenvalue weighted by molar-refractivity contribution is -0.144. The van der Waals surface area contributed by atoms with Gasteiger partial charge >= 0.3 is 5.97 Å². The van der Waals surface area contributed by atoms with Crippen LogP contribution in [0.5, 0.6) is 11.5 Å². The van der Waals surface area contributed by atoms with E-state index in [-0.39, 0.29) is 10.7 Å². The van der Waals surface area contributed by atoms with Crippen LogP contribution in [0.1, 0.15) is 12.5 Å². The Kier molecular flexibility index (Phi) is 6.12. The summed E-state index contributed by atoms with van der Waals surface area (Å²) in [7, 11) is 1.53. The summed E-state index contributed by atoms with van der Waals surface area (Å²) in [4.78, 5) is 37.4. The minimum absolute atomic E-state index is 0.0151. The topological polar surface area (TPSA) is 105 Å². The number of aliphatic carboxylic acids is 1. The highest BCUT2D eigenvalue weighted by molar-refractivity contribution is 7.80. The van der Waals surface area contributed by atoms with Crippen molar-refractivity contribution in [1.82, 2.24) is 5.32 Å². The predicted octanol–water partition coefficient (Wildman–Crippen LogP) is 2.38. The molecule has 1 saturated heterocycles. The van der Waals surface area contributed by atoms with Gasteiger partial charge in [-0.3, -0.25) is 19.8 Å². The van der Waals surface area contributed by atoms with Gasteiger partial charge in [0.15, 0.2) is 11.2 Å². The van der Waals surface area contributed by atoms with E-state index in [0.29, 0.717) is 22.7 Å². The Labute approximate surface area is 177 Å². The van der Waals surface area contributed by atoms with Crippen molar-refractivity contribution < 1.29 is 29.0 Å². The number of anilines is 1. The summed E-state index contributed by atoms with van der Waals surface area (Å²) in [5.41, 5.74) is 0.960. The molecule has 2 aromatic carbocycles. The summed E-state index contributed by atoms with van der Waals surface area (Å²) < 4.78 is 10.4. The van der Waals surface area contributed by atoms with Gasteiger partial charge in [0.2, 0.25) is 0 Å². The van der Waals surface area contributed by atoms with Gasteiger partial charge in [-0.15, -0.1) is 0 Å². The molecule has 0 aliphatic carbocycles. The van der Waals surface area contributed by atoms with Crippen molar-refractivity contribution in [2.75, 3.05) is 12.0 Å². The summed E-state index contributed by atoms with van der Waals surface area (Å²) >= 11 is 5.17. The first-order chi connectivity index (χ1) is 14.3. The summed E-state index contributed by atoms with van der Waals surface area (Å²) in [6, 6.07) is 13.0. The van der Waals surface area contributed by atoms with Crippen molar-refractivity contribution in [3.63, 3.8) is 0 Å². The second kappa shape index (κ2) is 8.75. The maximum Gasteiger partial charge on any atom is 0.344 e.